The lowest BCUT2D eigenvalue weighted by Crippen LogP contribution is -2.51. The molecule has 4 N–H and O–H groups in total. The number of likely N-dealkylation sites (tertiary alicyclic amines) is 1. The van der Waals surface area contributed by atoms with E-state index in [2.05, 4.69) is 10.6 Å². The highest BCUT2D eigenvalue weighted by Crippen LogP contribution is 2.49. The molecule has 150 valence electrons. The predicted octanol–water partition coefficient (Wildman–Crippen LogP) is 1.78. The van der Waals surface area contributed by atoms with Crippen LogP contribution in [0, 0.1) is 0 Å². The van der Waals surface area contributed by atoms with Gasteiger partial charge in [0.25, 0.3) is 0 Å². The van der Waals surface area contributed by atoms with E-state index in [4.69, 9.17) is 5.73 Å². The average Bonchev–Trinajstić information content (AvgIpc) is 3.24. The second-order valence-electron chi connectivity index (χ2n) is 7.57. The Bertz CT molecular complexity index is 946. The van der Waals surface area contributed by atoms with Gasteiger partial charge in [-0.25, -0.2) is 4.79 Å². The first-order valence-corrected chi connectivity index (χ1v) is 9.80. The number of hydrogen-bond acceptors (Lipinski definition) is 3. The van der Waals surface area contributed by atoms with E-state index >= 15 is 0 Å². The molecule has 7 heteroatoms. The van der Waals surface area contributed by atoms with E-state index in [1.54, 1.807) is 4.90 Å². The van der Waals surface area contributed by atoms with Crippen molar-refractivity contribution in [1.82, 2.24) is 10.2 Å². The van der Waals surface area contributed by atoms with Crippen LogP contribution in [-0.2, 0) is 21.4 Å². The van der Waals surface area contributed by atoms with Gasteiger partial charge in [0.15, 0.2) is 0 Å². The molecule has 2 aromatic carbocycles. The molecule has 0 unspecified atom stereocenters. The Hall–Kier alpha value is -3.35. The molecule has 0 aromatic heterocycles. The number of nitrogens with zero attached hydrogens (tertiary/aromatic N) is 1. The van der Waals surface area contributed by atoms with Crippen molar-refractivity contribution in [2.75, 3.05) is 18.4 Å². The number of carbonyl (C=O) groups is 3. The summed E-state index contributed by atoms with van der Waals surface area (Å²) < 4.78 is 0. The number of fused-ring (bicyclic) bond motifs is 2. The molecule has 0 aliphatic carbocycles. The van der Waals surface area contributed by atoms with E-state index in [0.717, 1.165) is 23.2 Å². The Morgan fingerprint density at radius 1 is 1.14 bits per heavy atom. The first-order valence-electron chi connectivity index (χ1n) is 9.80. The molecule has 2 aliphatic heterocycles. The summed E-state index contributed by atoms with van der Waals surface area (Å²) in [7, 11) is 0. The SMILES string of the molecule is NC(=O)NCC(=O)N1CC[C@@]2(C(=O)Nc3ccccc32)[C@@H]1CCc1ccccc1. The first-order chi connectivity index (χ1) is 14.0. The van der Waals surface area contributed by atoms with Crippen LogP contribution in [0.3, 0.4) is 0 Å². The molecule has 1 saturated heterocycles. The number of aryl methyl sites for hydroxylation is 1. The van der Waals surface area contributed by atoms with Crippen molar-refractivity contribution in [2.24, 2.45) is 5.73 Å². The molecule has 2 aromatic rings. The van der Waals surface area contributed by atoms with Gasteiger partial charge in [0.2, 0.25) is 11.8 Å². The number of primary amides is 1. The van der Waals surface area contributed by atoms with Crippen molar-refractivity contribution in [3.63, 3.8) is 0 Å². The molecule has 2 aliphatic rings. The monoisotopic (exact) mass is 392 g/mol. The molecule has 4 rings (SSSR count). The zero-order valence-corrected chi connectivity index (χ0v) is 16.1. The van der Waals surface area contributed by atoms with Crippen molar-refractivity contribution in [3.05, 3.63) is 65.7 Å². The standard InChI is InChI=1S/C22H24N4O3/c23-21(29)24-14-19(27)26-13-12-22(16-8-4-5-9-17(16)25-20(22)28)18(26)11-10-15-6-2-1-3-7-15/h1-9,18H,10-14H2,(H,25,28)(H3,23,24,29)/t18-,22-/m0/s1. The summed E-state index contributed by atoms with van der Waals surface area (Å²) in [5.74, 6) is -0.286. The summed E-state index contributed by atoms with van der Waals surface area (Å²) >= 11 is 0. The minimum Gasteiger partial charge on any atom is -0.352 e. The average molecular weight is 392 g/mol. The molecule has 0 saturated carbocycles. The van der Waals surface area contributed by atoms with Crippen molar-refractivity contribution < 1.29 is 14.4 Å². The fraction of sp³-hybridized carbons (Fsp3) is 0.318. The lowest BCUT2D eigenvalue weighted by atomic mass is 9.73. The molecule has 2 heterocycles. The van der Waals surface area contributed by atoms with Gasteiger partial charge in [0.1, 0.15) is 0 Å². The van der Waals surface area contributed by atoms with Gasteiger partial charge in [-0.05, 0) is 36.5 Å². The van der Waals surface area contributed by atoms with E-state index in [1.165, 1.54) is 0 Å². The minimum absolute atomic E-state index is 0.0603. The number of para-hydroxylation sites is 1. The number of nitrogens with one attached hydrogen (secondary N) is 2. The largest absolute Gasteiger partial charge is 0.352 e. The van der Waals surface area contributed by atoms with Gasteiger partial charge >= 0.3 is 6.03 Å². The maximum absolute atomic E-state index is 13.2. The third-order valence-electron chi connectivity index (χ3n) is 6.04. The van der Waals surface area contributed by atoms with Crippen LogP contribution in [0.4, 0.5) is 10.5 Å². The summed E-state index contributed by atoms with van der Waals surface area (Å²) in [4.78, 5) is 38.8. The number of rotatable bonds is 5. The van der Waals surface area contributed by atoms with Gasteiger partial charge in [-0.2, -0.15) is 0 Å². The number of amides is 4. The van der Waals surface area contributed by atoms with Gasteiger partial charge in [-0.15, -0.1) is 0 Å². The third-order valence-corrected chi connectivity index (χ3v) is 6.04. The molecule has 1 spiro atoms. The molecule has 29 heavy (non-hydrogen) atoms. The molecule has 0 bridgehead atoms. The van der Waals surface area contributed by atoms with E-state index in [9.17, 15) is 14.4 Å². The Morgan fingerprint density at radius 2 is 1.86 bits per heavy atom. The van der Waals surface area contributed by atoms with Crippen LogP contribution < -0.4 is 16.4 Å². The number of carbonyl (C=O) groups excluding carboxylic acids is 3. The lowest BCUT2D eigenvalue weighted by molar-refractivity contribution is -0.132. The Kier molecular flexibility index (Phi) is 4.96. The summed E-state index contributed by atoms with van der Waals surface area (Å²) in [6.07, 6.45) is 1.95. The van der Waals surface area contributed by atoms with Crippen molar-refractivity contribution >= 4 is 23.5 Å². The van der Waals surface area contributed by atoms with Gasteiger partial charge < -0.3 is 21.3 Å². The predicted molar refractivity (Wildman–Crippen MR) is 109 cm³/mol. The van der Waals surface area contributed by atoms with Crippen LogP contribution in [0.25, 0.3) is 0 Å². The summed E-state index contributed by atoms with van der Waals surface area (Å²) in [5.41, 5.74) is 7.27. The van der Waals surface area contributed by atoms with Crippen LogP contribution in [-0.4, -0.2) is 41.9 Å². The zero-order valence-electron chi connectivity index (χ0n) is 16.1. The summed E-state index contributed by atoms with van der Waals surface area (Å²) in [5, 5.41) is 5.37. The van der Waals surface area contributed by atoms with Crippen LogP contribution in [0.2, 0.25) is 0 Å². The van der Waals surface area contributed by atoms with Crippen molar-refractivity contribution in [1.29, 1.82) is 0 Å². The Morgan fingerprint density at radius 3 is 2.62 bits per heavy atom. The van der Waals surface area contributed by atoms with E-state index in [-0.39, 0.29) is 24.4 Å². The lowest BCUT2D eigenvalue weighted by Gasteiger charge is -2.34. The second kappa shape index (κ2) is 7.58. The van der Waals surface area contributed by atoms with E-state index in [1.807, 2.05) is 54.6 Å². The molecule has 4 amide bonds. The van der Waals surface area contributed by atoms with Crippen molar-refractivity contribution in [2.45, 2.75) is 30.7 Å². The molecular weight excluding hydrogens is 368 g/mol. The maximum atomic E-state index is 13.2. The number of benzene rings is 2. The van der Waals surface area contributed by atoms with Gasteiger partial charge in [-0.3, -0.25) is 9.59 Å². The summed E-state index contributed by atoms with van der Waals surface area (Å²) in [6.45, 7) is 0.289. The third kappa shape index (κ3) is 3.33. The molecular formula is C22H24N4O3. The van der Waals surface area contributed by atoms with Crippen molar-refractivity contribution in [3.8, 4) is 0 Å². The summed E-state index contributed by atoms with van der Waals surface area (Å²) in [6, 6.07) is 16.7. The Labute approximate surface area is 169 Å². The molecule has 0 radical (unpaired) electrons. The molecule has 1 fully saturated rings. The fourth-order valence-electron chi connectivity index (χ4n) is 4.71. The van der Waals surface area contributed by atoms with E-state index < -0.39 is 11.4 Å². The molecule has 7 nitrogen and oxygen atoms in total. The van der Waals surface area contributed by atoms with Crippen LogP contribution in [0.5, 0.6) is 0 Å². The van der Waals surface area contributed by atoms with Gasteiger partial charge in [-0.1, -0.05) is 48.5 Å². The smallest absolute Gasteiger partial charge is 0.312 e. The topological polar surface area (TPSA) is 105 Å². The normalized spacial score (nSPS) is 22.4. The van der Waals surface area contributed by atoms with Crippen LogP contribution >= 0.6 is 0 Å². The highest BCUT2D eigenvalue weighted by molar-refractivity contribution is 6.07. The van der Waals surface area contributed by atoms with E-state index in [0.29, 0.717) is 19.4 Å². The second-order valence-corrected chi connectivity index (χ2v) is 7.57. The quantitative estimate of drug-likeness (QED) is 0.722. The highest BCUT2D eigenvalue weighted by atomic mass is 16.2. The number of urea groups is 1. The highest BCUT2D eigenvalue weighted by Gasteiger charge is 2.58. The first kappa shape index (κ1) is 19.0. The number of hydrogen-bond donors (Lipinski definition) is 3. The van der Waals surface area contributed by atoms with Gasteiger partial charge in [0, 0.05) is 12.2 Å². The minimum atomic E-state index is -0.770. The maximum Gasteiger partial charge on any atom is 0.312 e. The zero-order chi connectivity index (χ0) is 20.4. The molecule has 2 atom stereocenters. The van der Waals surface area contributed by atoms with Crippen LogP contribution in [0.15, 0.2) is 54.6 Å². The van der Waals surface area contributed by atoms with Crippen LogP contribution in [0.1, 0.15) is 24.0 Å². The fourth-order valence-corrected chi connectivity index (χ4v) is 4.71. The number of anilines is 1. The van der Waals surface area contributed by atoms with Gasteiger partial charge in [0.05, 0.1) is 18.0 Å². The Balaban J connectivity index is 1.66. The number of nitrogens with two attached hydrogens (primary N) is 1.